The average Bonchev–Trinajstić information content (AvgIpc) is 2.43. The molecule has 0 radical (unpaired) electrons. The SMILES string of the molecule is C=C[C@H](c1ccc(OCC)cc1)N1CCNCC1.Cl.Cl. The number of nitrogens with zero attached hydrogens (tertiary/aromatic N) is 1. The molecule has 2 rings (SSSR count). The maximum atomic E-state index is 5.47. The number of halogens is 2. The summed E-state index contributed by atoms with van der Waals surface area (Å²) in [5.74, 6) is 0.935. The van der Waals surface area contributed by atoms with Gasteiger partial charge in [-0.05, 0) is 24.6 Å². The van der Waals surface area contributed by atoms with Gasteiger partial charge in [0.05, 0.1) is 12.6 Å². The largest absolute Gasteiger partial charge is 0.494 e. The van der Waals surface area contributed by atoms with Crippen molar-refractivity contribution in [2.45, 2.75) is 13.0 Å². The summed E-state index contributed by atoms with van der Waals surface area (Å²) in [6.07, 6.45) is 2.03. The lowest BCUT2D eigenvalue weighted by Gasteiger charge is -2.33. The summed E-state index contributed by atoms with van der Waals surface area (Å²) in [5.41, 5.74) is 1.29. The highest BCUT2D eigenvalue weighted by Crippen LogP contribution is 2.24. The maximum Gasteiger partial charge on any atom is 0.119 e. The Bertz CT molecular complexity index is 378. The van der Waals surface area contributed by atoms with E-state index in [1.54, 1.807) is 0 Å². The topological polar surface area (TPSA) is 24.5 Å². The van der Waals surface area contributed by atoms with E-state index in [9.17, 15) is 0 Å². The quantitative estimate of drug-likeness (QED) is 0.844. The molecular weight excluding hydrogens is 295 g/mol. The van der Waals surface area contributed by atoms with E-state index in [0.717, 1.165) is 31.9 Å². The van der Waals surface area contributed by atoms with E-state index >= 15 is 0 Å². The molecule has 1 aliphatic heterocycles. The zero-order chi connectivity index (χ0) is 12.8. The van der Waals surface area contributed by atoms with Crippen molar-refractivity contribution in [3.63, 3.8) is 0 Å². The van der Waals surface area contributed by atoms with Gasteiger partial charge in [0.25, 0.3) is 0 Å². The summed E-state index contributed by atoms with van der Waals surface area (Å²) in [7, 11) is 0. The monoisotopic (exact) mass is 318 g/mol. The molecule has 1 aromatic carbocycles. The van der Waals surface area contributed by atoms with E-state index in [2.05, 4.69) is 28.9 Å². The Morgan fingerprint density at radius 2 is 1.85 bits per heavy atom. The molecule has 0 saturated carbocycles. The summed E-state index contributed by atoms with van der Waals surface area (Å²) in [5, 5.41) is 3.38. The third-order valence-electron chi connectivity index (χ3n) is 3.30. The van der Waals surface area contributed by atoms with Crippen molar-refractivity contribution in [1.29, 1.82) is 0 Å². The van der Waals surface area contributed by atoms with Crippen LogP contribution < -0.4 is 10.1 Å². The third kappa shape index (κ3) is 4.98. The molecule has 1 heterocycles. The van der Waals surface area contributed by atoms with E-state index < -0.39 is 0 Å². The van der Waals surface area contributed by atoms with Gasteiger partial charge in [0.15, 0.2) is 0 Å². The standard InChI is InChI=1S/C15H22N2O.2ClH/c1-3-15(17-11-9-16-10-12-17)13-5-7-14(8-6-13)18-4-2;;/h3,5-8,15-16H,1,4,9-12H2,2H3;2*1H/t15-;;/m1../s1. The molecule has 5 heteroatoms. The predicted octanol–water partition coefficient (Wildman–Crippen LogP) is 3.06. The van der Waals surface area contributed by atoms with Crippen LogP contribution in [0.5, 0.6) is 5.75 Å². The first-order valence-corrected chi connectivity index (χ1v) is 6.65. The summed E-state index contributed by atoms with van der Waals surface area (Å²) in [6.45, 7) is 11.0. The molecule has 0 unspecified atom stereocenters. The number of nitrogens with one attached hydrogen (secondary N) is 1. The van der Waals surface area contributed by atoms with Gasteiger partial charge >= 0.3 is 0 Å². The Hall–Kier alpha value is -0.740. The van der Waals surface area contributed by atoms with Gasteiger partial charge in [0, 0.05) is 26.2 Å². The highest BCUT2D eigenvalue weighted by molar-refractivity contribution is 5.85. The van der Waals surface area contributed by atoms with Crippen molar-refractivity contribution >= 4 is 24.8 Å². The number of piperazine rings is 1. The van der Waals surface area contributed by atoms with Crippen LogP contribution >= 0.6 is 24.8 Å². The molecule has 0 bridgehead atoms. The van der Waals surface area contributed by atoms with Gasteiger partial charge in [-0.15, -0.1) is 31.4 Å². The zero-order valence-corrected chi connectivity index (χ0v) is 13.5. The molecule has 0 amide bonds. The van der Waals surface area contributed by atoms with Crippen molar-refractivity contribution in [3.8, 4) is 5.75 Å². The number of benzene rings is 1. The second-order valence-electron chi connectivity index (χ2n) is 4.47. The molecule has 0 aromatic heterocycles. The fourth-order valence-electron chi connectivity index (χ4n) is 2.38. The summed E-state index contributed by atoms with van der Waals surface area (Å²) in [6, 6.07) is 8.66. The lowest BCUT2D eigenvalue weighted by atomic mass is 10.0. The Kier molecular flexibility index (Phi) is 9.68. The van der Waals surface area contributed by atoms with Gasteiger partial charge in [-0.25, -0.2) is 0 Å². The molecule has 20 heavy (non-hydrogen) atoms. The van der Waals surface area contributed by atoms with Gasteiger partial charge in [0.2, 0.25) is 0 Å². The van der Waals surface area contributed by atoms with Crippen molar-refractivity contribution in [3.05, 3.63) is 42.5 Å². The van der Waals surface area contributed by atoms with E-state index in [0.29, 0.717) is 12.6 Å². The van der Waals surface area contributed by atoms with Crippen LogP contribution in [0.4, 0.5) is 0 Å². The van der Waals surface area contributed by atoms with Crippen LogP contribution in [0.3, 0.4) is 0 Å². The van der Waals surface area contributed by atoms with Gasteiger partial charge in [-0.2, -0.15) is 0 Å². The normalized spacial score (nSPS) is 16.4. The van der Waals surface area contributed by atoms with Crippen molar-refractivity contribution < 1.29 is 4.74 Å². The van der Waals surface area contributed by atoms with Crippen LogP contribution in [0.2, 0.25) is 0 Å². The first-order chi connectivity index (χ1) is 8.85. The summed E-state index contributed by atoms with van der Waals surface area (Å²) < 4.78 is 5.47. The zero-order valence-electron chi connectivity index (χ0n) is 11.9. The van der Waals surface area contributed by atoms with Gasteiger partial charge in [-0.1, -0.05) is 18.2 Å². The second-order valence-corrected chi connectivity index (χ2v) is 4.47. The van der Waals surface area contributed by atoms with Crippen LogP contribution in [0.1, 0.15) is 18.5 Å². The van der Waals surface area contributed by atoms with E-state index in [1.807, 2.05) is 25.1 Å². The van der Waals surface area contributed by atoms with Gasteiger partial charge < -0.3 is 10.1 Å². The molecular formula is C15H24Cl2N2O. The smallest absolute Gasteiger partial charge is 0.119 e. The Morgan fingerprint density at radius 1 is 1.25 bits per heavy atom. The first-order valence-electron chi connectivity index (χ1n) is 6.65. The minimum absolute atomic E-state index is 0. The third-order valence-corrected chi connectivity index (χ3v) is 3.30. The highest BCUT2D eigenvalue weighted by Gasteiger charge is 2.19. The lowest BCUT2D eigenvalue weighted by Crippen LogP contribution is -2.44. The molecule has 1 N–H and O–H groups in total. The number of hydrogen-bond acceptors (Lipinski definition) is 3. The number of rotatable bonds is 5. The molecule has 1 atom stereocenters. The fourth-order valence-corrected chi connectivity index (χ4v) is 2.38. The molecule has 1 aromatic rings. The maximum absolute atomic E-state index is 5.47. The summed E-state index contributed by atoms with van der Waals surface area (Å²) >= 11 is 0. The average molecular weight is 319 g/mol. The highest BCUT2D eigenvalue weighted by atomic mass is 35.5. The van der Waals surface area contributed by atoms with Crippen LogP contribution in [0.25, 0.3) is 0 Å². The molecule has 1 aliphatic rings. The molecule has 3 nitrogen and oxygen atoms in total. The number of ether oxygens (including phenoxy) is 1. The minimum atomic E-state index is 0. The second kappa shape index (κ2) is 10.1. The van der Waals surface area contributed by atoms with Crippen LogP contribution in [-0.4, -0.2) is 37.7 Å². The van der Waals surface area contributed by atoms with Crippen LogP contribution in [-0.2, 0) is 0 Å². The summed E-state index contributed by atoms with van der Waals surface area (Å²) in [4.78, 5) is 2.46. The van der Waals surface area contributed by atoms with Crippen molar-refractivity contribution in [1.82, 2.24) is 10.2 Å². The molecule has 114 valence electrons. The van der Waals surface area contributed by atoms with E-state index in [-0.39, 0.29) is 24.8 Å². The first kappa shape index (κ1) is 19.3. The fraction of sp³-hybridized carbons (Fsp3) is 0.467. The predicted molar refractivity (Wildman–Crippen MR) is 89.5 cm³/mol. The molecule has 0 spiro atoms. The molecule has 1 saturated heterocycles. The van der Waals surface area contributed by atoms with E-state index in [1.165, 1.54) is 5.56 Å². The molecule has 1 fully saturated rings. The van der Waals surface area contributed by atoms with Crippen LogP contribution in [0.15, 0.2) is 36.9 Å². The van der Waals surface area contributed by atoms with Gasteiger partial charge in [-0.3, -0.25) is 4.90 Å². The Labute approximate surface area is 134 Å². The van der Waals surface area contributed by atoms with Crippen molar-refractivity contribution in [2.24, 2.45) is 0 Å². The Morgan fingerprint density at radius 3 is 2.35 bits per heavy atom. The van der Waals surface area contributed by atoms with E-state index in [4.69, 9.17) is 4.74 Å². The van der Waals surface area contributed by atoms with Crippen LogP contribution in [0, 0.1) is 0 Å². The minimum Gasteiger partial charge on any atom is -0.494 e. The van der Waals surface area contributed by atoms with Gasteiger partial charge in [0.1, 0.15) is 5.75 Å². The Balaban J connectivity index is 0.00000180. The van der Waals surface area contributed by atoms with Crippen molar-refractivity contribution in [2.75, 3.05) is 32.8 Å². The lowest BCUT2D eigenvalue weighted by molar-refractivity contribution is 0.203. The number of hydrogen-bond donors (Lipinski definition) is 1. The molecule has 0 aliphatic carbocycles.